The van der Waals surface area contributed by atoms with Crippen LogP contribution in [-0.2, 0) is 6.42 Å². The third-order valence-corrected chi connectivity index (χ3v) is 2.90. The van der Waals surface area contributed by atoms with Gasteiger partial charge in [0.1, 0.15) is 0 Å². The molecule has 0 aliphatic carbocycles. The summed E-state index contributed by atoms with van der Waals surface area (Å²) in [7, 11) is 0. The van der Waals surface area contributed by atoms with Crippen molar-refractivity contribution in [1.82, 2.24) is 0 Å². The topological polar surface area (TPSA) is 46.2 Å². The lowest BCUT2D eigenvalue weighted by Gasteiger charge is -2.22. The van der Waals surface area contributed by atoms with E-state index in [0.29, 0.717) is 19.4 Å². The van der Waals surface area contributed by atoms with Crippen LogP contribution in [0.5, 0.6) is 0 Å². The Balaban J connectivity index is 2.64. The maximum absolute atomic E-state index is 9.96. The molecule has 0 bridgehead atoms. The van der Waals surface area contributed by atoms with Crippen LogP contribution in [0.4, 0.5) is 0 Å². The summed E-state index contributed by atoms with van der Waals surface area (Å²) in [5.41, 5.74) is 5.91. The van der Waals surface area contributed by atoms with Gasteiger partial charge in [0.2, 0.25) is 0 Å². The lowest BCUT2D eigenvalue weighted by molar-refractivity contribution is 0.0539. The van der Waals surface area contributed by atoms with Crippen LogP contribution in [0.15, 0.2) is 24.3 Å². The van der Waals surface area contributed by atoms with E-state index in [2.05, 4.69) is 34.7 Å². The first kappa shape index (κ1) is 11.9. The molecule has 1 atom stereocenters. The van der Waals surface area contributed by atoms with E-state index in [1.165, 1.54) is 3.57 Å². The Morgan fingerprint density at radius 3 is 2.43 bits per heavy atom. The normalized spacial score (nSPS) is 15.1. The second-order valence-corrected chi connectivity index (χ2v) is 5.08. The number of benzene rings is 1. The molecule has 0 heterocycles. The second-order valence-electron chi connectivity index (χ2n) is 3.84. The first-order valence-electron chi connectivity index (χ1n) is 4.70. The number of halogens is 1. The lowest BCUT2D eigenvalue weighted by atomic mass is 9.93. The molecule has 1 rings (SSSR count). The quantitative estimate of drug-likeness (QED) is 0.835. The molecule has 1 aromatic rings. The summed E-state index contributed by atoms with van der Waals surface area (Å²) >= 11 is 2.27. The Bertz CT molecular complexity index is 282. The van der Waals surface area contributed by atoms with E-state index in [9.17, 15) is 5.11 Å². The van der Waals surface area contributed by atoms with Crippen LogP contribution in [0, 0.1) is 3.57 Å². The fourth-order valence-corrected chi connectivity index (χ4v) is 1.80. The second kappa shape index (κ2) is 5.09. The molecule has 2 nitrogen and oxygen atoms in total. The Morgan fingerprint density at radius 1 is 1.36 bits per heavy atom. The predicted molar refractivity (Wildman–Crippen MR) is 67.2 cm³/mol. The first-order valence-corrected chi connectivity index (χ1v) is 5.78. The summed E-state index contributed by atoms with van der Waals surface area (Å²) in [5.74, 6) is 0. The standard InChI is InChI=1S/C11H16INO/c1-11(14,6-7-13)8-9-2-4-10(12)5-3-9/h2-5,14H,6-8,13H2,1H3. The molecule has 0 spiro atoms. The first-order chi connectivity index (χ1) is 6.53. The smallest absolute Gasteiger partial charge is 0.0671 e. The van der Waals surface area contributed by atoms with Crippen LogP contribution in [0.1, 0.15) is 18.9 Å². The van der Waals surface area contributed by atoms with Gasteiger partial charge in [-0.25, -0.2) is 0 Å². The fraction of sp³-hybridized carbons (Fsp3) is 0.455. The van der Waals surface area contributed by atoms with Crippen LogP contribution in [0.25, 0.3) is 0 Å². The molecule has 3 heteroatoms. The van der Waals surface area contributed by atoms with E-state index in [-0.39, 0.29) is 0 Å². The lowest BCUT2D eigenvalue weighted by Crippen LogP contribution is -2.30. The summed E-state index contributed by atoms with van der Waals surface area (Å²) in [6, 6.07) is 8.20. The van der Waals surface area contributed by atoms with Gasteiger partial charge >= 0.3 is 0 Å². The van der Waals surface area contributed by atoms with Crippen molar-refractivity contribution in [1.29, 1.82) is 0 Å². The average Bonchev–Trinajstić information content (AvgIpc) is 2.08. The van der Waals surface area contributed by atoms with Crippen LogP contribution < -0.4 is 5.73 Å². The number of nitrogens with two attached hydrogens (primary N) is 1. The third kappa shape index (κ3) is 3.94. The van der Waals surface area contributed by atoms with Gasteiger partial charge in [-0.15, -0.1) is 0 Å². The molecule has 0 fully saturated rings. The van der Waals surface area contributed by atoms with Crippen LogP contribution in [-0.4, -0.2) is 17.3 Å². The van der Waals surface area contributed by atoms with Crippen molar-refractivity contribution in [2.45, 2.75) is 25.4 Å². The van der Waals surface area contributed by atoms with Gasteiger partial charge in [0.15, 0.2) is 0 Å². The van der Waals surface area contributed by atoms with Gasteiger partial charge in [0, 0.05) is 9.99 Å². The van der Waals surface area contributed by atoms with Crippen molar-refractivity contribution in [2.75, 3.05) is 6.54 Å². The Hall–Kier alpha value is -0.130. The highest BCUT2D eigenvalue weighted by Gasteiger charge is 2.19. The van der Waals surface area contributed by atoms with Crippen molar-refractivity contribution in [3.05, 3.63) is 33.4 Å². The molecule has 78 valence electrons. The van der Waals surface area contributed by atoms with Crippen molar-refractivity contribution < 1.29 is 5.11 Å². The summed E-state index contributed by atoms with van der Waals surface area (Å²) in [6.07, 6.45) is 1.31. The van der Waals surface area contributed by atoms with E-state index in [0.717, 1.165) is 5.56 Å². The van der Waals surface area contributed by atoms with Gasteiger partial charge < -0.3 is 10.8 Å². The van der Waals surface area contributed by atoms with Gasteiger partial charge in [-0.3, -0.25) is 0 Å². The number of hydrogen-bond acceptors (Lipinski definition) is 2. The molecule has 0 saturated heterocycles. The highest BCUT2D eigenvalue weighted by atomic mass is 127. The molecule has 0 aliphatic rings. The van der Waals surface area contributed by atoms with Crippen molar-refractivity contribution in [3.8, 4) is 0 Å². The van der Waals surface area contributed by atoms with Crippen LogP contribution >= 0.6 is 22.6 Å². The van der Waals surface area contributed by atoms with Gasteiger partial charge in [0.05, 0.1) is 5.60 Å². The Kier molecular flexibility index (Phi) is 4.34. The van der Waals surface area contributed by atoms with Crippen LogP contribution in [0.3, 0.4) is 0 Å². The molecule has 0 radical (unpaired) electrons. The van der Waals surface area contributed by atoms with Gasteiger partial charge in [-0.05, 0) is 60.2 Å². The molecular weight excluding hydrogens is 289 g/mol. The summed E-state index contributed by atoms with van der Waals surface area (Å²) in [6.45, 7) is 2.36. The zero-order valence-electron chi connectivity index (χ0n) is 8.33. The van der Waals surface area contributed by atoms with Gasteiger partial charge in [0.25, 0.3) is 0 Å². The minimum absolute atomic E-state index is 0.525. The Morgan fingerprint density at radius 2 is 1.93 bits per heavy atom. The zero-order valence-corrected chi connectivity index (χ0v) is 10.5. The van der Waals surface area contributed by atoms with E-state index < -0.39 is 5.60 Å². The predicted octanol–water partition coefficient (Wildman–Crippen LogP) is 1.93. The largest absolute Gasteiger partial charge is 0.390 e. The minimum Gasteiger partial charge on any atom is -0.390 e. The van der Waals surface area contributed by atoms with E-state index in [1.807, 2.05) is 19.1 Å². The SMILES string of the molecule is CC(O)(CCN)Cc1ccc(I)cc1. The molecule has 0 aliphatic heterocycles. The zero-order chi connectivity index (χ0) is 10.6. The molecule has 1 unspecified atom stereocenters. The maximum atomic E-state index is 9.96. The number of aliphatic hydroxyl groups is 1. The average molecular weight is 305 g/mol. The highest BCUT2D eigenvalue weighted by Crippen LogP contribution is 2.17. The van der Waals surface area contributed by atoms with Gasteiger partial charge in [-0.2, -0.15) is 0 Å². The van der Waals surface area contributed by atoms with E-state index in [4.69, 9.17) is 5.73 Å². The summed E-state index contributed by atoms with van der Waals surface area (Å²) in [4.78, 5) is 0. The van der Waals surface area contributed by atoms with Crippen molar-refractivity contribution >= 4 is 22.6 Å². The molecular formula is C11H16INO. The summed E-state index contributed by atoms with van der Waals surface area (Å²) < 4.78 is 1.21. The van der Waals surface area contributed by atoms with E-state index >= 15 is 0 Å². The summed E-state index contributed by atoms with van der Waals surface area (Å²) in [5, 5.41) is 9.96. The van der Waals surface area contributed by atoms with Gasteiger partial charge in [-0.1, -0.05) is 12.1 Å². The molecule has 0 amide bonds. The Labute approximate surface area is 98.7 Å². The molecule has 1 aromatic carbocycles. The van der Waals surface area contributed by atoms with Crippen LogP contribution in [0.2, 0.25) is 0 Å². The number of hydrogen-bond donors (Lipinski definition) is 2. The van der Waals surface area contributed by atoms with E-state index in [1.54, 1.807) is 0 Å². The fourth-order valence-electron chi connectivity index (χ4n) is 1.44. The molecule has 0 aromatic heterocycles. The molecule has 14 heavy (non-hydrogen) atoms. The highest BCUT2D eigenvalue weighted by molar-refractivity contribution is 14.1. The van der Waals surface area contributed by atoms with Crippen molar-refractivity contribution in [3.63, 3.8) is 0 Å². The number of rotatable bonds is 4. The maximum Gasteiger partial charge on any atom is 0.0671 e. The molecule has 3 N–H and O–H groups in total. The van der Waals surface area contributed by atoms with Crippen molar-refractivity contribution in [2.24, 2.45) is 5.73 Å². The minimum atomic E-state index is -0.679. The third-order valence-electron chi connectivity index (χ3n) is 2.18. The monoisotopic (exact) mass is 305 g/mol. The molecule has 0 saturated carbocycles.